The van der Waals surface area contributed by atoms with E-state index < -0.39 is 0 Å². The van der Waals surface area contributed by atoms with Gasteiger partial charge < -0.3 is 4.90 Å². The molecule has 2 nitrogen and oxygen atoms in total. The molecule has 0 aromatic heterocycles. The minimum atomic E-state index is 0.177. The van der Waals surface area contributed by atoms with Gasteiger partial charge >= 0.3 is 0 Å². The topological polar surface area (TPSA) is 20.3 Å². The maximum absolute atomic E-state index is 11.5. The Balaban J connectivity index is 2.46. The molecule has 0 aliphatic carbocycles. The van der Waals surface area contributed by atoms with Gasteiger partial charge in [0.05, 0.1) is 0 Å². The Morgan fingerprint density at radius 3 is 2.85 bits per heavy atom. The number of allylic oxidation sites excluding steroid dienone is 1. The van der Waals surface area contributed by atoms with E-state index in [0.717, 1.165) is 31.8 Å². The molecule has 1 fully saturated rings. The summed E-state index contributed by atoms with van der Waals surface area (Å²) >= 11 is 0. The highest BCUT2D eigenvalue weighted by Gasteiger charge is 2.15. The van der Waals surface area contributed by atoms with Crippen molar-refractivity contribution in [1.29, 1.82) is 0 Å². The van der Waals surface area contributed by atoms with Crippen molar-refractivity contribution >= 4 is 5.91 Å². The molecule has 1 aliphatic rings. The third kappa shape index (κ3) is 3.21. The van der Waals surface area contributed by atoms with Crippen molar-refractivity contribution in [1.82, 2.24) is 4.90 Å². The molecule has 1 atom stereocenters. The van der Waals surface area contributed by atoms with Gasteiger partial charge in [-0.05, 0) is 38.2 Å². The molecular formula is C11H19NO. The van der Waals surface area contributed by atoms with Crippen LogP contribution in [0.5, 0.6) is 0 Å². The van der Waals surface area contributed by atoms with Crippen molar-refractivity contribution in [3.05, 3.63) is 12.2 Å². The monoisotopic (exact) mass is 181 g/mol. The molecule has 0 saturated carbocycles. The van der Waals surface area contributed by atoms with Gasteiger partial charge in [0.2, 0.25) is 5.91 Å². The summed E-state index contributed by atoms with van der Waals surface area (Å²) in [7, 11) is 0. The van der Waals surface area contributed by atoms with E-state index in [1.165, 1.54) is 6.42 Å². The highest BCUT2D eigenvalue weighted by Crippen LogP contribution is 2.16. The van der Waals surface area contributed by atoms with Gasteiger partial charge in [-0.2, -0.15) is 0 Å². The third-order valence-electron chi connectivity index (χ3n) is 2.64. The van der Waals surface area contributed by atoms with Crippen LogP contribution in [0.25, 0.3) is 0 Å². The van der Waals surface area contributed by atoms with Crippen LogP contribution in [0.4, 0.5) is 0 Å². The summed E-state index contributed by atoms with van der Waals surface area (Å²) in [5.41, 5.74) is 0. The van der Waals surface area contributed by atoms with Crippen LogP contribution < -0.4 is 0 Å². The highest BCUT2D eigenvalue weighted by atomic mass is 16.2. The Labute approximate surface area is 80.6 Å². The van der Waals surface area contributed by atoms with Gasteiger partial charge in [0.25, 0.3) is 0 Å². The largest absolute Gasteiger partial charge is 0.339 e. The number of hydrogen-bond acceptors (Lipinski definition) is 1. The maximum Gasteiger partial charge on any atom is 0.246 e. The van der Waals surface area contributed by atoms with Gasteiger partial charge in [0, 0.05) is 13.1 Å². The van der Waals surface area contributed by atoms with Gasteiger partial charge in [-0.15, -0.1) is 0 Å². The molecule has 0 aromatic rings. The molecule has 1 aliphatic heterocycles. The fraction of sp³-hybridized carbons (Fsp3) is 0.727. The Morgan fingerprint density at radius 2 is 2.15 bits per heavy atom. The van der Waals surface area contributed by atoms with Crippen LogP contribution in [0.15, 0.2) is 12.2 Å². The predicted molar refractivity (Wildman–Crippen MR) is 54.4 cm³/mol. The number of carbonyl (C=O) groups excluding carboxylic acids is 1. The van der Waals surface area contributed by atoms with E-state index in [1.54, 1.807) is 6.08 Å². The second-order valence-corrected chi connectivity index (χ2v) is 3.86. The van der Waals surface area contributed by atoms with E-state index in [2.05, 4.69) is 6.92 Å². The first-order chi connectivity index (χ1) is 6.24. The van der Waals surface area contributed by atoms with E-state index in [9.17, 15) is 4.79 Å². The molecule has 0 aromatic carbocycles. The first-order valence-corrected chi connectivity index (χ1v) is 5.15. The molecule has 13 heavy (non-hydrogen) atoms. The van der Waals surface area contributed by atoms with Gasteiger partial charge in [0.1, 0.15) is 0 Å². The van der Waals surface area contributed by atoms with Crippen molar-refractivity contribution in [2.45, 2.75) is 33.1 Å². The maximum atomic E-state index is 11.5. The highest BCUT2D eigenvalue weighted by molar-refractivity contribution is 5.87. The first kappa shape index (κ1) is 10.3. The zero-order chi connectivity index (χ0) is 9.68. The van der Waals surface area contributed by atoms with E-state index >= 15 is 0 Å². The van der Waals surface area contributed by atoms with Crippen molar-refractivity contribution in [2.75, 3.05) is 13.1 Å². The summed E-state index contributed by atoms with van der Waals surface area (Å²) in [5.74, 6) is 0.958. The lowest BCUT2D eigenvalue weighted by atomic mass is 10.0. The fourth-order valence-electron chi connectivity index (χ4n) is 1.73. The van der Waals surface area contributed by atoms with Crippen LogP contribution in [0.2, 0.25) is 0 Å². The van der Waals surface area contributed by atoms with Crippen molar-refractivity contribution in [2.24, 2.45) is 5.92 Å². The molecule has 1 saturated heterocycles. The molecule has 74 valence electrons. The summed E-state index contributed by atoms with van der Waals surface area (Å²) in [4.78, 5) is 13.5. The molecule has 1 rings (SSSR count). The van der Waals surface area contributed by atoms with Crippen LogP contribution >= 0.6 is 0 Å². The summed E-state index contributed by atoms with van der Waals surface area (Å²) in [6.07, 6.45) is 7.06. The lowest BCUT2D eigenvalue weighted by Gasteiger charge is -2.18. The summed E-state index contributed by atoms with van der Waals surface area (Å²) < 4.78 is 0. The van der Waals surface area contributed by atoms with E-state index in [0.29, 0.717) is 0 Å². The van der Waals surface area contributed by atoms with Crippen LogP contribution in [0.1, 0.15) is 33.1 Å². The Morgan fingerprint density at radius 1 is 1.38 bits per heavy atom. The molecule has 2 heteroatoms. The number of carbonyl (C=O) groups is 1. The molecule has 0 spiro atoms. The van der Waals surface area contributed by atoms with Gasteiger partial charge in [-0.25, -0.2) is 0 Å². The van der Waals surface area contributed by atoms with E-state index in [4.69, 9.17) is 0 Å². The van der Waals surface area contributed by atoms with E-state index in [1.807, 2.05) is 17.9 Å². The molecule has 1 heterocycles. The molecule has 1 amide bonds. The van der Waals surface area contributed by atoms with Crippen LogP contribution in [0, 0.1) is 5.92 Å². The standard InChI is InChI=1S/C11H19NO/c1-3-5-11(13)12-8-4-6-10(2)7-9-12/h3,5,10H,4,6-9H2,1-2H3. The van der Waals surface area contributed by atoms with Crippen LogP contribution in [-0.4, -0.2) is 23.9 Å². The minimum Gasteiger partial charge on any atom is -0.339 e. The average Bonchev–Trinajstić information content (AvgIpc) is 2.30. The van der Waals surface area contributed by atoms with Gasteiger partial charge in [0.15, 0.2) is 0 Å². The number of nitrogens with zero attached hydrogens (tertiary/aromatic N) is 1. The molecule has 0 radical (unpaired) electrons. The molecular weight excluding hydrogens is 162 g/mol. The Bertz CT molecular complexity index is 198. The van der Waals surface area contributed by atoms with Gasteiger partial charge in [-0.3, -0.25) is 4.79 Å². The smallest absolute Gasteiger partial charge is 0.246 e. The van der Waals surface area contributed by atoms with Crippen molar-refractivity contribution in [3.8, 4) is 0 Å². The van der Waals surface area contributed by atoms with Gasteiger partial charge in [-0.1, -0.05) is 13.0 Å². The molecule has 0 N–H and O–H groups in total. The number of amides is 1. The first-order valence-electron chi connectivity index (χ1n) is 5.15. The lowest BCUT2D eigenvalue weighted by molar-refractivity contribution is -0.126. The number of likely N-dealkylation sites (tertiary alicyclic amines) is 1. The zero-order valence-electron chi connectivity index (χ0n) is 8.62. The molecule has 0 bridgehead atoms. The normalized spacial score (nSPS) is 24.8. The average molecular weight is 181 g/mol. The predicted octanol–water partition coefficient (Wildman–Crippen LogP) is 2.21. The minimum absolute atomic E-state index is 0.177. The number of rotatable bonds is 1. The lowest BCUT2D eigenvalue weighted by Crippen LogP contribution is -2.30. The second kappa shape index (κ2) is 5.05. The quantitative estimate of drug-likeness (QED) is 0.568. The van der Waals surface area contributed by atoms with Crippen molar-refractivity contribution in [3.63, 3.8) is 0 Å². The summed E-state index contributed by atoms with van der Waals surface area (Å²) in [5, 5.41) is 0. The Hall–Kier alpha value is -0.790. The number of hydrogen-bond donors (Lipinski definition) is 0. The Kier molecular flexibility index (Phi) is 4.00. The van der Waals surface area contributed by atoms with Crippen LogP contribution in [0.3, 0.4) is 0 Å². The van der Waals surface area contributed by atoms with Crippen molar-refractivity contribution < 1.29 is 4.79 Å². The fourth-order valence-corrected chi connectivity index (χ4v) is 1.73. The summed E-state index contributed by atoms with van der Waals surface area (Å²) in [6, 6.07) is 0. The third-order valence-corrected chi connectivity index (χ3v) is 2.64. The zero-order valence-corrected chi connectivity index (χ0v) is 8.62. The van der Waals surface area contributed by atoms with Crippen LogP contribution in [-0.2, 0) is 4.79 Å². The summed E-state index contributed by atoms with van der Waals surface area (Å²) in [6.45, 7) is 6.03. The molecule has 1 unspecified atom stereocenters. The SMILES string of the molecule is CC=CC(=O)N1CCCC(C)CC1. The second-order valence-electron chi connectivity index (χ2n) is 3.86. The van der Waals surface area contributed by atoms with E-state index in [-0.39, 0.29) is 5.91 Å².